The first-order valence-electron chi connectivity index (χ1n) is 18.5. The number of anilines is 2. The maximum atomic E-state index is 14.6. The predicted molar refractivity (Wildman–Crippen MR) is 215 cm³/mol. The molecule has 2 aliphatic heterocycles. The van der Waals surface area contributed by atoms with E-state index in [1.807, 2.05) is 40.3 Å². The molecule has 0 bridgehead atoms. The summed E-state index contributed by atoms with van der Waals surface area (Å²) in [6, 6.07) is 20.4. The zero-order chi connectivity index (χ0) is 38.2. The number of aromatic nitrogens is 3. The minimum atomic E-state index is -1.02. The van der Waals surface area contributed by atoms with Gasteiger partial charge in [-0.25, -0.2) is 0 Å². The molecule has 1 spiro atoms. The highest BCUT2D eigenvalue weighted by Crippen LogP contribution is 2.58. The van der Waals surface area contributed by atoms with Crippen molar-refractivity contribution in [2.75, 3.05) is 62.2 Å². The molecular formula is C42H48N10O2. The van der Waals surface area contributed by atoms with E-state index >= 15 is 0 Å². The third kappa shape index (κ3) is 7.01. The van der Waals surface area contributed by atoms with Crippen molar-refractivity contribution < 1.29 is 9.53 Å². The van der Waals surface area contributed by atoms with Gasteiger partial charge in [-0.3, -0.25) is 19.4 Å². The number of nitrogens with two attached hydrogens (primary N) is 1. The molecule has 54 heavy (non-hydrogen) atoms. The number of fused-ring (bicyclic) bond motifs is 6. The number of hydrogen-bond acceptors (Lipinski definition) is 10. The zero-order valence-electron chi connectivity index (χ0n) is 31.6. The average molecular weight is 725 g/mol. The first-order valence-corrected chi connectivity index (χ1v) is 18.5. The van der Waals surface area contributed by atoms with Crippen LogP contribution in [0, 0.1) is 24.7 Å². The van der Waals surface area contributed by atoms with Crippen molar-refractivity contribution in [1.29, 1.82) is 0 Å². The molecule has 2 aliphatic rings. The summed E-state index contributed by atoms with van der Waals surface area (Å²) in [6.07, 6.45) is 14.5. The number of nitrogens with zero attached hydrogens (tertiary/aromatic N) is 9. The SMILES string of the molecule is C#CCN(CC#C)Cc1cn(CCN=CC(CN2C(=O)c3ccccc3C23c2ccc(N(CC)CC)cc2Oc2cc(N(CC)CC)ccc23)=NN)nn1. The van der Waals surface area contributed by atoms with Crippen LogP contribution in [0.1, 0.15) is 60.4 Å². The lowest BCUT2D eigenvalue weighted by molar-refractivity contribution is 0.0704. The van der Waals surface area contributed by atoms with Gasteiger partial charge in [0, 0.05) is 85.3 Å². The fourth-order valence-corrected chi connectivity index (χ4v) is 7.61. The van der Waals surface area contributed by atoms with Crippen LogP contribution in [0.25, 0.3) is 0 Å². The Morgan fingerprint density at radius 1 is 0.907 bits per heavy atom. The Balaban J connectivity index is 1.35. The number of benzene rings is 3. The van der Waals surface area contributed by atoms with E-state index in [-0.39, 0.29) is 12.5 Å². The van der Waals surface area contributed by atoms with Crippen molar-refractivity contribution in [2.45, 2.75) is 46.3 Å². The number of hydrazone groups is 1. The first-order chi connectivity index (χ1) is 26.4. The highest BCUT2D eigenvalue weighted by atomic mass is 16.5. The van der Waals surface area contributed by atoms with Crippen LogP contribution in [0.4, 0.5) is 11.4 Å². The molecule has 6 rings (SSSR count). The Morgan fingerprint density at radius 3 is 2.09 bits per heavy atom. The summed E-state index contributed by atoms with van der Waals surface area (Å²) in [4.78, 5) is 27.7. The lowest BCUT2D eigenvalue weighted by Crippen LogP contribution is -2.49. The molecule has 3 aromatic carbocycles. The highest BCUT2D eigenvalue weighted by Gasteiger charge is 2.56. The Hall–Kier alpha value is -6.11. The van der Waals surface area contributed by atoms with E-state index in [1.54, 1.807) is 10.9 Å². The molecule has 3 heterocycles. The van der Waals surface area contributed by atoms with E-state index in [0.29, 0.717) is 55.5 Å². The van der Waals surface area contributed by atoms with Crippen LogP contribution in [0.2, 0.25) is 0 Å². The Morgan fingerprint density at radius 2 is 1.52 bits per heavy atom. The van der Waals surface area contributed by atoms with Gasteiger partial charge in [0.25, 0.3) is 5.91 Å². The van der Waals surface area contributed by atoms with Crippen LogP contribution in [0.15, 0.2) is 77.0 Å². The van der Waals surface area contributed by atoms with E-state index in [4.69, 9.17) is 23.4 Å². The van der Waals surface area contributed by atoms with Gasteiger partial charge >= 0.3 is 0 Å². The van der Waals surface area contributed by atoms with Crippen molar-refractivity contribution in [3.8, 4) is 36.2 Å². The van der Waals surface area contributed by atoms with Crippen molar-refractivity contribution in [3.63, 3.8) is 0 Å². The number of amides is 1. The smallest absolute Gasteiger partial charge is 0.255 e. The third-order valence-electron chi connectivity index (χ3n) is 10.2. The summed E-state index contributed by atoms with van der Waals surface area (Å²) in [6.45, 7) is 14.3. The molecule has 278 valence electrons. The molecule has 12 nitrogen and oxygen atoms in total. The standard InChI is InChI=1S/C42H48N10O2/c1-7-22-48(23-8-2)28-32-29-51(47-46-32)24-21-44-27-31(45-43)30-52-41(53)35-15-13-14-16-36(35)42(52)37-19-17-33(49(9-3)10-4)25-39(37)54-40-26-34(18-20-38(40)42)50(11-5)12-6/h1-2,13-20,25-27,29H,9-12,21-24,28,30,43H2,3-6H3. The number of ether oxygens (including phenoxy) is 1. The summed E-state index contributed by atoms with van der Waals surface area (Å²) in [7, 11) is 0. The van der Waals surface area contributed by atoms with E-state index < -0.39 is 5.54 Å². The first kappa shape index (κ1) is 37.6. The Kier molecular flexibility index (Phi) is 11.6. The van der Waals surface area contributed by atoms with Gasteiger partial charge in [0.05, 0.1) is 44.1 Å². The van der Waals surface area contributed by atoms with Crippen molar-refractivity contribution in [1.82, 2.24) is 24.8 Å². The normalized spacial score (nSPS) is 14.1. The second kappa shape index (κ2) is 16.7. The average Bonchev–Trinajstić information content (AvgIpc) is 3.73. The molecule has 1 amide bonds. The summed E-state index contributed by atoms with van der Waals surface area (Å²) in [5, 5.41) is 12.6. The van der Waals surface area contributed by atoms with E-state index in [0.717, 1.165) is 59.9 Å². The lowest BCUT2D eigenvalue weighted by Gasteiger charge is -2.44. The van der Waals surface area contributed by atoms with E-state index in [9.17, 15) is 4.79 Å². The van der Waals surface area contributed by atoms with Crippen molar-refractivity contribution in [2.24, 2.45) is 15.9 Å². The minimum absolute atomic E-state index is 0.107. The Labute approximate surface area is 318 Å². The largest absolute Gasteiger partial charge is 0.456 e. The maximum Gasteiger partial charge on any atom is 0.255 e. The molecule has 0 saturated heterocycles. The number of carbonyl (C=O) groups is 1. The number of terminal acetylenes is 2. The summed E-state index contributed by atoms with van der Waals surface area (Å²) >= 11 is 0. The van der Waals surface area contributed by atoms with Crippen LogP contribution < -0.4 is 20.4 Å². The second-order valence-corrected chi connectivity index (χ2v) is 13.1. The van der Waals surface area contributed by atoms with Crippen LogP contribution >= 0.6 is 0 Å². The van der Waals surface area contributed by atoms with Gasteiger partial charge in [-0.2, -0.15) is 5.10 Å². The highest BCUT2D eigenvalue weighted by molar-refractivity contribution is 6.32. The van der Waals surface area contributed by atoms with Gasteiger partial charge in [0.1, 0.15) is 17.0 Å². The van der Waals surface area contributed by atoms with Gasteiger partial charge in [-0.1, -0.05) is 47.4 Å². The fraction of sp³-hybridized carbons (Fsp3) is 0.357. The fourth-order valence-electron chi connectivity index (χ4n) is 7.61. The molecule has 0 saturated carbocycles. The van der Waals surface area contributed by atoms with E-state index in [1.165, 1.54) is 0 Å². The monoisotopic (exact) mass is 724 g/mol. The molecule has 0 aliphatic carbocycles. The van der Waals surface area contributed by atoms with E-state index in [2.05, 4.69) is 106 Å². The lowest BCUT2D eigenvalue weighted by atomic mass is 9.74. The molecule has 4 aromatic rings. The molecule has 2 N–H and O–H groups in total. The third-order valence-corrected chi connectivity index (χ3v) is 10.2. The predicted octanol–water partition coefficient (Wildman–Crippen LogP) is 4.98. The quantitative estimate of drug-likeness (QED) is 0.0745. The molecule has 12 heteroatoms. The molecule has 0 unspecified atom stereocenters. The topological polar surface area (TPSA) is 121 Å². The summed E-state index contributed by atoms with van der Waals surface area (Å²) in [5.41, 5.74) is 5.54. The minimum Gasteiger partial charge on any atom is -0.456 e. The van der Waals surface area contributed by atoms with Crippen LogP contribution in [0.3, 0.4) is 0 Å². The molecule has 0 fully saturated rings. The van der Waals surface area contributed by atoms with Crippen molar-refractivity contribution >= 4 is 29.2 Å². The molecule has 1 aromatic heterocycles. The van der Waals surface area contributed by atoms with Crippen LogP contribution in [-0.2, 0) is 18.6 Å². The number of carbonyl (C=O) groups excluding carboxylic acids is 1. The number of rotatable bonds is 16. The summed E-state index contributed by atoms with van der Waals surface area (Å²) < 4.78 is 8.54. The molecule has 0 atom stereocenters. The Bertz CT molecular complexity index is 2040. The zero-order valence-corrected chi connectivity index (χ0v) is 31.6. The number of aliphatic imine (C=N–C) groups is 1. The van der Waals surface area contributed by atoms with Gasteiger partial charge in [0.2, 0.25) is 0 Å². The number of hydrogen-bond donors (Lipinski definition) is 1. The van der Waals surface area contributed by atoms with Gasteiger partial charge in [-0.15, -0.1) is 17.9 Å². The molecule has 0 radical (unpaired) electrons. The van der Waals surface area contributed by atoms with Gasteiger partial charge < -0.3 is 25.3 Å². The molecular weight excluding hydrogens is 677 g/mol. The maximum absolute atomic E-state index is 14.6. The van der Waals surface area contributed by atoms with Gasteiger partial charge in [0.15, 0.2) is 0 Å². The van der Waals surface area contributed by atoms with Crippen molar-refractivity contribution in [3.05, 3.63) is 94.8 Å². The van der Waals surface area contributed by atoms with Gasteiger partial charge in [-0.05, 0) is 51.5 Å². The second-order valence-electron chi connectivity index (χ2n) is 13.1. The van der Waals surface area contributed by atoms with Crippen LogP contribution in [-0.4, -0.2) is 95.0 Å². The van der Waals surface area contributed by atoms with Crippen LogP contribution in [0.5, 0.6) is 11.5 Å². The summed E-state index contributed by atoms with van der Waals surface area (Å²) in [5.74, 6) is 12.6.